The van der Waals surface area contributed by atoms with Crippen LogP contribution in [0.1, 0.15) is 56.8 Å². The zero-order valence-electron chi connectivity index (χ0n) is 17.6. The molecule has 1 aliphatic heterocycles. The molecule has 0 radical (unpaired) electrons. The first-order valence-electron chi connectivity index (χ1n) is 10.0. The number of amides is 1. The predicted octanol–water partition coefficient (Wildman–Crippen LogP) is 3.61. The number of hydrogen-bond donors (Lipinski definition) is 1. The van der Waals surface area contributed by atoms with Crippen LogP contribution in [0.2, 0.25) is 0 Å². The molecule has 3 rings (SSSR count). The Bertz CT molecular complexity index is 728. The van der Waals surface area contributed by atoms with Crippen LogP contribution in [-0.4, -0.2) is 54.4 Å². The van der Waals surface area contributed by atoms with Crippen molar-refractivity contribution in [2.75, 3.05) is 25.6 Å². The summed E-state index contributed by atoms with van der Waals surface area (Å²) in [6.45, 7) is 6.76. The highest BCUT2D eigenvalue weighted by atomic mass is 16.5. The fourth-order valence-corrected chi connectivity index (χ4v) is 4.53. The first-order valence-corrected chi connectivity index (χ1v) is 10.0. The van der Waals surface area contributed by atoms with Gasteiger partial charge in [-0.15, -0.1) is 0 Å². The molecule has 1 heterocycles. The molecule has 2 fully saturated rings. The van der Waals surface area contributed by atoms with Crippen molar-refractivity contribution in [3.63, 3.8) is 0 Å². The maximum atomic E-state index is 13.4. The third-order valence-electron chi connectivity index (χ3n) is 6.39. The number of rotatable bonds is 3. The Hall–Kier alpha value is -2.08. The summed E-state index contributed by atoms with van der Waals surface area (Å²) in [6.07, 6.45) is 3.22. The van der Waals surface area contributed by atoms with E-state index in [1.807, 2.05) is 31.1 Å². The molecule has 28 heavy (non-hydrogen) atoms. The summed E-state index contributed by atoms with van der Waals surface area (Å²) < 4.78 is 6.05. The molecule has 1 aromatic rings. The summed E-state index contributed by atoms with van der Waals surface area (Å²) in [5.74, 6) is -0.723. The van der Waals surface area contributed by atoms with Crippen LogP contribution in [0.3, 0.4) is 0 Å². The van der Waals surface area contributed by atoms with Crippen molar-refractivity contribution in [2.24, 2.45) is 11.3 Å². The lowest BCUT2D eigenvalue weighted by atomic mass is 9.70. The Labute approximate surface area is 167 Å². The van der Waals surface area contributed by atoms with E-state index >= 15 is 0 Å². The number of aliphatic carboxylic acids is 1. The van der Waals surface area contributed by atoms with Gasteiger partial charge < -0.3 is 14.7 Å². The fourth-order valence-electron chi connectivity index (χ4n) is 4.53. The monoisotopic (exact) mass is 388 g/mol. The number of nitrogens with zero attached hydrogens (tertiary/aromatic N) is 2. The Kier molecular flexibility index (Phi) is 5.45. The average molecular weight is 389 g/mol. The van der Waals surface area contributed by atoms with Crippen molar-refractivity contribution < 1.29 is 19.4 Å². The molecule has 6 heteroatoms. The number of carboxylic acid groups (broad SMARTS) is 1. The van der Waals surface area contributed by atoms with Crippen molar-refractivity contribution >= 4 is 17.6 Å². The highest BCUT2D eigenvalue weighted by molar-refractivity contribution is 5.97. The minimum Gasteiger partial charge on any atom is -0.480 e. The fraction of sp³-hybridized carbons (Fsp3) is 0.636. The Morgan fingerprint density at radius 2 is 1.71 bits per heavy atom. The van der Waals surface area contributed by atoms with Crippen LogP contribution >= 0.6 is 0 Å². The van der Waals surface area contributed by atoms with E-state index in [1.54, 1.807) is 12.1 Å². The number of hydrogen-bond acceptors (Lipinski definition) is 4. The van der Waals surface area contributed by atoms with Crippen molar-refractivity contribution in [2.45, 2.75) is 58.2 Å². The molecule has 1 N–H and O–H groups in total. The third-order valence-corrected chi connectivity index (χ3v) is 6.39. The zero-order chi connectivity index (χ0) is 20.7. The number of carbonyl (C=O) groups excluding carboxylic acids is 1. The quantitative estimate of drug-likeness (QED) is 0.857. The van der Waals surface area contributed by atoms with E-state index < -0.39 is 17.7 Å². The van der Waals surface area contributed by atoms with Gasteiger partial charge in [-0.2, -0.15) is 0 Å². The minimum absolute atomic E-state index is 0.0526. The molecule has 1 aliphatic carbocycles. The Balaban J connectivity index is 1.88. The summed E-state index contributed by atoms with van der Waals surface area (Å²) in [6, 6.07) is 6.35. The van der Waals surface area contributed by atoms with Crippen LogP contribution < -0.4 is 4.90 Å². The van der Waals surface area contributed by atoms with E-state index in [4.69, 9.17) is 4.74 Å². The molecule has 0 unspecified atom stereocenters. The normalized spacial score (nSPS) is 27.8. The second-order valence-electron chi connectivity index (χ2n) is 9.37. The van der Waals surface area contributed by atoms with Gasteiger partial charge in [-0.1, -0.05) is 20.8 Å². The van der Waals surface area contributed by atoms with E-state index in [0.29, 0.717) is 24.3 Å². The van der Waals surface area contributed by atoms with Crippen LogP contribution in [0.15, 0.2) is 24.3 Å². The molecule has 1 amide bonds. The molecule has 0 aromatic heterocycles. The van der Waals surface area contributed by atoms with Gasteiger partial charge in [-0.3, -0.25) is 9.69 Å². The van der Waals surface area contributed by atoms with Gasteiger partial charge in [-0.05, 0) is 61.3 Å². The van der Waals surface area contributed by atoms with E-state index in [2.05, 4.69) is 20.8 Å². The maximum absolute atomic E-state index is 13.4. The Morgan fingerprint density at radius 3 is 2.18 bits per heavy atom. The SMILES string of the molecule is CN(C)c1ccc(C(=O)N2[C@H](C(=O)O)COC23CCC(C(C)(C)C)CC3)cc1. The van der Waals surface area contributed by atoms with Crippen molar-refractivity contribution in [1.82, 2.24) is 4.90 Å². The molecule has 1 aromatic carbocycles. The minimum atomic E-state index is -1.01. The summed E-state index contributed by atoms with van der Waals surface area (Å²) in [5, 5.41) is 9.71. The predicted molar refractivity (Wildman–Crippen MR) is 108 cm³/mol. The number of carboxylic acids is 1. The lowest BCUT2D eigenvalue weighted by Crippen LogP contribution is -2.55. The van der Waals surface area contributed by atoms with Gasteiger partial charge in [0.15, 0.2) is 6.04 Å². The van der Waals surface area contributed by atoms with E-state index in [-0.39, 0.29) is 17.9 Å². The lowest BCUT2D eigenvalue weighted by Gasteiger charge is -2.46. The molecule has 2 aliphatic rings. The number of carbonyl (C=O) groups is 2. The summed E-state index contributed by atoms with van der Waals surface area (Å²) in [7, 11) is 3.88. The van der Waals surface area contributed by atoms with Gasteiger partial charge in [-0.25, -0.2) is 4.79 Å². The summed E-state index contributed by atoms with van der Waals surface area (Å²) >= 11 is 0. The topological polar surface area (TPSA) is 70.1 Å². The molecular weight excluding hydrogens is 356 g/mol. The number of ether oxygens (including phenoxy) is 1. The van der Waals surface area contributed by atoms with Gasteiger partial charge >= 0.3 is 5.97 Å². The van der Waals surface area contributed by atoms with Crippen LogP contribution in [-0.2, 0) is 9.53 Å². The van der Waals surface area contributed by atoms with Crippen molar-refractivity contribution in [3.8, 4) is 0 Å². The largest absolute Gasteiger partial charge is 0.480 e. The van der Waals surface area contributed by atoms with Gasteiger partial charge in [0.05, 0.1) is 6.61 Å². The van der Waals surface area contributed by atoms with Gasteiger partial charge in [0.25, 0.3) is 5.91 Å². The smallest absolute Gasteiger partial charge is 0.328 e. The highest BCUT2D eigenvalue weighted by Crippen LogP contribution is 2.47. The first-order chi connectivity index (χ1) is 13.0. The summed E-state index contributed by atoms with van der Waals surface area (Å²) in [5.41, 5.74) is 0.884. The molecular formula is C22H32N2O4. The molecule has 1 saturated heterocycles. The van der Waals surface area contributed by atoms with E-state index in [1.165, 1.54) is 4.90 Å². The van der Waals surface area contributed by atoms with Crippen molar-refractivity contribution in [1.29, 1.82) is 0 Å². The molecule has 0 bridgehead atoms. The first kappa shape index (κ1) is 20.6. The second-order valence-corrected chi connectivity index (χ2v) is 9.37. The lowest BCUT2D eigenvalue weighted by molar-refractivity contribution is -0.144. The highest BCUT2D eigenvalue weighted by Gasteiger charge is 2.54. The molecule has 6 nitrogen and oxygen atoms in total. The average Bonchev–Trinajstić information content (AvgIpc) is 2.99. The van der Waals surface area contributed by atoms with Crippen molar-refractivity contribution in [3.05, 3.63) is 29.8 Å². The molecule has 154 valence electrons. The second kappa shape index (κ2) is 7.39. The summed E-state index contributed by atoms with van der Waals surface area (Å²) in [4.78, 5) is 28.7. The van der Waals surface area contributed by atoms with Gasteiger partial charge in [0.2, 0.25) is 0 Å². The molecule has 1 atom stereocenters. The van der Waals surface area contributed by atoms with Gasteiger partial charge in [0, 0.05) is 25.3 Å². The molecule has 1 spiro atoms. The molecule has 1 saturated carbocycles. The van der Waals surface area contributed by atoms with Gasteiger partial charge in [0.1, 0.15) is 5.72 Å². The van der Waals surface area contributed by atoms with Crippen LogP contribution in [0.25, 0.3) is 0 Å². The Morgan fingerprint density at radius 1 is 1.14 bits per heavy atom. The maximum Gasteiger partial charge on any atom is 0.328 e. The zero-order valence-corrected chi connectivity index (χ0v) is 17.6. The number of benzene rings is 1. The standard InChI is InChI=1S/C22H32N2O4/c1-21(2,3)16-10-12-22(13-11-16)24(18(14-28-22)20(26)27)19(25)15-6-8-17(9-7-15)23(4)5/h6-9,16,18H,10-14H2,1-5H3,(H,26,27)/t16?,18-,22?/m0/s1. The van der Waals surface area contributed by atoms with E-state index in [9.17, 15) is 14.7 Å². The van der Waals surface area contributed by atoms with Crippen LogP contribution in [0.4, 0.5) is 5.69 Å². The van der Waals surface area contributed by atoms with E-state index in [0.717, 1.165) is 18.5 Å². The van der Waals surface area contributed by atoms with Crippen LogP contribution in [0.5, 0.6) is 0 Å². The van der Waals surface area contributed by atoms with Crippen LogP contribution in [0, 0.1) is 11.3 Å². The third kappa shape index (κ3) is 3.75. The number of anilines is 1.